The van der Waals surface area contributed by atoms with E-state index in [9.17, 15) is 23.2 Å². The quantitative estimate of drug-likeness (QED) is 0.402. The first-order chi connectivity index (χ1) is 16.8. The zero-order valence-corrected chi connectivity index (χ0v) is 19.5. The highest BCUT2D eigenvalue weighted by molar-refractivity contribution is 5.80. The van der Waals surface area contributed by atoms with Crippen molar-refractivity contribution in [1.82, 2.24) is 10.6 Å². The zero-order valence-electron chi connectivity index (χ0n) is 19.5. The molecule has 0 aromatic heterocycles. The van der Waals surface area contributed by atoms with Gasteiger partial charge in [0.25, 0.3) is 6.43 Å². The molecule has 3 rings (SSSR count). The maximum absolute atomic E-state index is 13.1. The molecular weight excluding hydrogens is 458 g/mol. The lowest BCUT2D eigenvalue weighted by molar-refractivity contribution is -0.139. The number of benzene rings is 2. The van der Waals surface area contributed by atoms with Crippen LogP contribution in [-0.4, -0.2) is 48.2 Å². The second-order valence-corrected chi connectivity index (χ2v) is 8.62. The Balaban J connectivity index is 1.60. The fraction of sp³-hybridized carbons (Fsp3) is 0.423. The lowest BCUT2D eigenvalue weighted by atomic mass is 9.98. The summed E-state index contributed by atoms with van der Waals surface area (Å²) in [7, 11) is 0. The number of carbonyl (C=O) groups excluding carboxylic acids is 2. The number of hydrogen-bond acceptors (Lipinski definition) is 4. The van der Waals surface area contributed by atoms with Crippen molar-refractivity contribution in [3.63, 3.8) is 0 Å². The molecular formula is C26H30F2N2O5. The van der Waals surface area contributed by atoms with Crippen LogP contribution in [-0.2, 0) is 14.3 Å². The number of aliphatic carboxylic acids is 1. The number of fused-ring (bicyclic) bond motifs is 3. The van der Waals surface area contributed by atoms with Crippen molar-refractivity contribution in [2.45, 2.75) is 63.5 Å². The van der Waals surface area contributed by atoms with Crippen LogP contribution in [0, 0.1) is 0 Å². The number of carboxylic acid groups (broad SMARTS) is 1. The number of hydrogen-bond donors (Lipinski definition) is 3. The molecule has 0 heterocycles. The smallest absolute Gasteiger partial charge is 0.407 e. The predicted octanol–water partition coefficient (Wildman–Crippen LogP) is 4.70. The molecule has 9 heteroatoms. The Hall–Kier alpha value is -3.49. The number of carbonyl (C=O) groups is 3. The summed E-state index contributed by atoms with van der Waals surface area (Å²) in [6.45, 7) is 2.06. The van der Waals surface area contributed by atoms with Crippen LogP contribution >= 0.6 is 0 Å². The molecule has 3 N–H and O–H groups in total. The summed E-state index contributed by atoms with van der Waals surface area (Å²) < 4.78 is 31.6. The van der Waals surface area contributed by atoms with E-state index in [0.717, 1.165) is 28.7 Å². The van der Waals surface area contributed by atoms with E-state index in [1.165, 1.54) is 0 Å². The van der Waals surface area contributed by atoms with Gasteiger partial charge in [-0.15, -0.1) is 0 Å². The van der Waals surface area contributed by atoms with Crippen molar-refractivity contribution in [2.24, 2.45) is 0 Å². The van der Waals surface area contributed by atoms with Crippen molar-refractivity contribution in [3.8, 4) is 11.1 Å². The monoisotopic (exact) mass is 488 g/mol. The summed E-state index contributed by atoms with van der Waals surface area (Å²) in [5.74, 6) is -2.31. The molecule has 2 atom stereocenters. The molecule has 0 saturated carbocycles. The van der Waals surface area contributed by atoms with Crippen LogP contribution in [0.15, 0.2) is 48.5 Å². The van der Waals surface area contributed by atoms with Gasteiger partial charge in [-0.1, -0.05) is 68.3 Å². The van der Waals surface area contributed by atoms with Gasteiger partial charge < -0.3 is 20.5 Å². The van der Waals surface area contributed by atoms with Gasteiger partial charge in [0.05, 0.1) is 6.42 Å². The Morgan fingerprint density at radius 3 is 2.11 bits per heavy atom. The third-order valence-electron chi connectivity index (χ3n) is 6.05. The number of alkyl halides is 2. The number of alkyl carbamates (subject to hydrolysis) is 1. The van der Waals surface area contributed by atoms with Crippen LogP contribution in [0.2, 0.25) is 0 Å². The Labute approximate surface area is 202 Å². The standard InChI is InChI=1S/C26H30F2N2O5/c1-2-3-8-16(13-23(31)30-22(25(27)28)14-24(32)33)29-26(34)35-15-21-19-11-6-4-9-17(19)18-10-5-7-12-20(18)21/h4-7,9-12,16,21-22,25H,2-3,8,13-15H2,1H3,(H,29,34)(H,30,31)(H,32,33)/t16-,22?/m1/s1. The van der Waals surface area contributed by atoms with E-state index < -0.39 is 42.9 Å². The number of unbranched alkanes of at least 4 members (excludes halogenated alkanes) is 1. The maximum atomic E-state index is 13.1. The Morgan fingerprint density at radius 1 is 0.971 bits per heavy atom. The minimum Gasteiger partial charge on any atom is -0.481 e. The van der Waals surface area contributed by atoms with E-state index >= 15 is 0 Å². The molecule has 188 valence electrons. The van der Waals surface area contributed by atoms with Gasteiger partial charge in [0, 0.05) is 18.4 Å². The molecule has 7 nitrogen and oxygen atoms in total. The summed E-state index contributed by atoms with van der Waals surface area (Å²) in [6.07, 6.45) is -2.89. The lowest BCUT2D eigenvalue weighted by Crippen LogP contribution is -2.45. The summed E-state index contributed by atoms with van der Waals surface area (Å²) in [5, 5.41) is 13.5. The van der Waals surface area contributed by atoms with Crippen LogP contribution in [0.3, 0.4) is 0 Å². The second-order valence-electron chi connectivity index (χ2n) is 8.62. The van der Waals surface area contributed by atoms with Crippen LogP contribution < -0.4 is 10.6 Å². The number of nitrogens with one attached hydrogen (secondary N) is 2. The van der Waals surface area contributed by atoms with Crippen LogP contribution in [0.25, 0.3) is 11.1 Å². The van der Waals surface area contributed by atoms with Crippen LogP contribution in [0.4, 0.5) is 13.6 Å². The molecule has 35 heavy (non-hydrogen) atoms. The van der Waals surface area contributed by atoms with E-state index in [2.05, 4.69) is 10.6 Å². The van der Waals surface area contributed by atoms with Crippen LogP contribution in [0.5, 0.6) is 0 Å². The number of carboxylic acids is 1. The van der Waals surface area contributed by atoms with Gasteiger partial charge in [-0.25, -0.2) is 13.6 Å². The average Bonchev–Trinajstić information content (AvgIpc) is 3.14. The first kappa shape index (κ1) is 26.1. The first-order valence-corrected chi connectivity index (χ1v) is 11.7. The average molecular weight is 489 g/mol. The third kappa shape index (κ3) is 7.00. The summed E-state index contributed by atoms with van der Waals surface area (Å²) in [6, 6.07) is 13.5. The van der Waals surface area contributed by atoms with Crippen molar-refractivity contribution >= 4 is 18.0 Å². The van der Waals surface area contributed by atoms with E-state index in [-0.39, 0.29) is 18.9 Å². The van der Waals surface area contributed by atoms with E-state index in [1.54, 1.807) is 0 Å². The molecule has 0 bridgehead atoms. The number of halogens is 2. The molecule has 1 unspecified atom stereocenters. The highest BCUT2D eigenvalue weighted by atomic mass is 19.3. The van der Waals surface area contributed by atoms with Gasteiger partial charge in [0.2, 0.25) is 5.91 Å². The van der Waals surface area contributed by atoms with Crippen molar-refractivity contribution in [3.05, 3.63) is 59.7 Å². The maximum Gasteiger partial charge on any atom is 0.407 e. The number of amides is 2. The molecule has 0 aliphatic heterocycles. The molecule has 0 radical (unpaired) electrons. The molecule has 2 aromatic rings. The van der Waals surface area contributed by atoms with Gasteiger partial charge in [-0.05, 0) is 28.7 Å². The molecule has 2 aromatic carbocycles. The zero-order chi connectivity index (χ0) is 25.4. The fourth-order valence-electron chi connectivity index (χ4n) is 4.36. The minimum atomic E-state index is -3.01. The highest BCUT2D eigenvalue weighted by Gasteiger charge is 2.30. The first-order valence-electron chi connectivity index (χ1n) is 11.7. The summed E-state index contributed by atoms with van der Waals surface area (Å²) in [5.41, 5.74) is 4.34. The SMILES string of the molecule is CCCC[C@H](CC(=O)NC(CC(=O)O)C(F)F)NC(=O)OCC1c2ccccc2-c2ccccc21. The lowest BCUT2D eigenvalue weighted by Gasteiger charge is -2.21. The molecule has 1 aliphatic carbocycles. The minimum absolute atomic E-state index is 0.110. The van der Waals surface area contributed by atoms with Gasteiger partial charge in [-0.2, -0.15) is 0 Å². The largest absolute Gasteiger partial charge is 0.481 e. The number of ether oxygens (including phenoxy) is 1. The molecule has 0 saturated heterocycles. The van der Waals surface area contributed by atoms with Gasteiger partial charge >= 0.3 is 12.1 Å². The summed E-state index contributed by atoms with van der Waals surface area (Å²) in [4.78, 5) is 35.7. The second kappa shape index (κ2) is 12.3. The van der Waals surface area contributed by atoms with Crippen molar-refractivity contribution in [2.75, 3.05) is 6.61 Å². The normalized spacial score (nSPS) is 14.1. The number of rotatable bonds is 12. The highest BCUT2D eigenvalue weighted by Crippen LogP contribution is 2.44. The fourth-order valence-corrected chi connectivity index (χ4v) is 4.36. The van der Waals surface area contributed by atoms with E-state index in [4.69, 9.17) is 9.84 Å². The van der Waals surface area contributed by atoms with E-state index in [0.29, 0.717) is 12.8 Å². The van der Waals surface area contributed by atoms with Crippen molar-refractivity contribution < 1.29 is 33.0 Å². The Morgan fingerprint density at radius 2 is 1.57 bits per heavy atom. The predicted molar refractivity (Wildman–Crippen MR) is 126 cm³/mol. The topological polar surface area (TPSA) is 105 Å². The van der Waals surface area contributed by atoms with E-state index in [1.807, 2.05) is 55.5 Å². The molecule has 2 amide bonds. The van der Waals surface area contributed by atoms with Gasteiger partial charge in [0.1, 0.15) is 12.6 Å². The molecule has 1 aliphatic rings. The third-order valence-corrected chi connectivity index (χ3v) is 6.05. The van der Waals surface area contributed by atoms with Crippen LogP contribution in [0.1, 0.15) is 56.1 Å². The molecule has 0 spiro atoms. The van der Waals surface area contributed by atoms with Gasteiger partial charge in [-0.3, -0.25) is 9.59 Å². The Kier molecular flexibility index (Phi) is 9.17. The molecule has 0 fully saturated rings. The van der Waals surface area contributed by atoms with Gasteiger partial charge in [0.15, 0.2) is 0 Å². The Bertz CT molecular complexity index is 1000. The van der Waals surface area contributed by atoms with Crippen molar-refractivity contribution in [1.29, 1.82) is 0 Å². The summed E-state index contributed by atoms with van der Waals surface area (Å²) >= 11 is 0.